The molecule has 6 nitrogen and oxygen atoms in total. The van der Waals surface area contributed by atoms with Crippen LogP contribution < -0.4 is 5.32 Å². The summed E-state index contributed by atoms with van der Waals surface area (Å²) >= 11 is 0. The van der Waals surface area contributed by atoms with Crippen LogP contribution >= 0.6 is 0 Å². The highest BCUT2D eigenvalue weighted by Crippen LogP contribution is 2.64. The molecule has 0 radical (unpaired) electrons. The van der Waals surface area contributed by atoms with E-state index in [1.54, 1.807) is 12.5 Å². The quantitative estimate of drug-likeness (QED) is 0.825. The van der Waals surface area contributed by atoms with Crippen molar-refractivity contribution in [2.75, 3.05) is 0 Å². The van der Waals surface area contributed by atoms with Gasteiger partial charge in [-0.1, -0.05) is 19.4 Å². The number of fused-ring (bicyclic) bond motifs is 6. The first-order valence-corrected chi connectivity index (χ1v) is 10.7. The summed E-state index contributed by atoms with van der Waals surface area (Å²) in [7, 11) is 0. The van der Waals surface area contributed by atoms with Gasteiger partial charge < -0.3 is 5.32 Å². The average molecular weight is 370 g/mol. The number of rotatable bonds is 1. The molecule has 6 heteroatoms. The normalized spacial score (nSPS) is 42.9. The Hall–Kier alpha value is -1.72. The summed E-state index contributed by atoms with van der Waals surface area (Å²) in [4.78, 5) is 11.7. The second-order valence-corrected chi connectivity index (χ2v) is 9.89. The van der Waals surface area contributed by atoms with Crippen LogP contribution in [0.25, 0.3) is 6.08 Å². The van der Waals surface area contributed by atoms with Crippen molar-refractivity contribution in [3.8, 4) is 0 Å². The molecule has 1 aliphatic heterocycles. The molecule has 0 bridgehead atoms. The van der Waals surface area contributed by atoms with Gasteiger partial charge in [0.15, 0.2) is 5.82 Å². The number of aromatic nitrogens is 4. The molecule has 2 heterocycles. The van der Waals surface area contributed by atoms with Crippen molar-refractivity contribution in [3.05, 3.63) is 11.4 Å². The molecule has 3 aliphatic carbocycles. The Bertz CT molecular complexity index is 800. The standard InChI is InChI=1S/C21H31N5O/c1-13(27)22-18-7-6-16-15-5-4-14-12-19-23-24-25-26(19)11-10-20(14,2)17(15)8-9-21(16,18)3/h12,15-18H,4-11H2,1-3H3,(H,22,27)/t15-,16-,17-,18-,20-,21-/m0/s1. The van der Waals surface area contributed by atoms with Gasteiger partial charge in [-0.15, -0.1) is 5.10 Å². The van der Waals surface area contributed by atoms with Gasteiger partial charge in [-0.3, -0.25) is 4.79 Å². The minimum absolute atomic E-state index is 0.129. The Balaban J connectivity index is 1.45. The Morgan fingerprint density at radius 3 is 2.85 bits per heavy atom. The highest BCUT2D eigenvalue weighted by Gasteiger charge is 2.58. The van der Waals surface area contributed by atoms with Crippen LogP contribution in [0.15, 0.2) is 5.57 Å². The van der Waals surface area contributed by atoms with Crippen LogP contribution in [0.2, 0.25) is 0 Å². The molecule has 1 aromatic heterocycles. The van der Waals surface area contributed by atoms with Crippen LogP contribution in [0.3, 0.4) is 0 Å². The predicted octanol–water partition coefficient (Wildman–Crippen LogP) is 3.21. The third kappa shape index (κ3) is 2.44. The first-order chi connectivity index (χ1) is 12.9. The maximum Gasteiger partial charge on any atom is 0.217 e. The third-order valence-corrected chi connectivity index (χ3v) is 8.82. The zero-order valence-electron chi connectivity index (χ0n) is 16.7. The van der Waals surface area contributed by atoms with Crippen LogP contribution in [0.4, 0.5) is 0 Å². The van der Waals surface area contributed by atoms with Gasteiger partial charge >= 0.3 is 0 Å². The topological polar surface area (TPSA) is 72.7 Å². The number of tetrazole rings is 1. The average Bonchev–Trinajstić information content (AvgIpc) is 3.16. The van der Waals surface area contributed by atoms with Crippen LogP contribution in [-0.2, 0) is 11.3 Å². The summed E-state index contributed by atoms with van der Waals surface area (Å²) in [5, 5.41) is 15.6. The first kappa shape index (κ1) is 17.4. The molecule has 0 unspecified atom stereocenters. The molecule has 0 aromatic carbocycles. The fraction of sp³-hybridized carbons (Fsp3) is 0.810. The van der Waals surface area contributed by atoms with E-state index < -0.39 is 0 Å². The summed E-state index contributed by atoms with van der Waals surface area (Å²) in [6.07, 6.45) is 10.8. The first-order valence-electron chi connectivity index (χ1n) is 10.7. The van der Waals surface area contributed by atoms with Gasteiger partial charge in [0, 0.05) is 19.5 Å². The van der Waals surface area contributed by atoms with Crippen LogP contribution in [0, 0.1) is 28.6 Å². The van der Waals surface area contributed by atoms with E-state index in [0.29, 0.717) is 6.04 Å². The van der Waals surface area contributed by atoms with E-state index in [0.717, 1.165) is 43.0 Å². The summed E-state index contributed by atoms with van der Waals surface area (Å²) in [5.74, 6) is 3.32. The van der Waals surface area contributed by atoms with E-state index in [-0.39, 0.29) is 16.7 Å². The van der Waals surface area contributed by atoms with Crippen LogP contribution in [0.5, 0.6) is 0 Å². The molecule has 0 spiro atoms. The van der Waals surface area contributed by atoms with Crippen molar-refractivity contribution < 1.29 is 4.79 Å². The lowest BCUT2D eigenvalue weighted by Gasteiger charge is -2.57. The maximum absolute atomic E-state index is 11.7. The highest BCUT2D eigenvalue weighted by atomic mass is 16.1. The Morgan fingerprint density at radius 1 is 1.19 bits per heavy atom. The SMILES string of the molecule is CC(=O)N[C@H]1CC[C@H]2[C@@H]3CCC4=Cc5nnnn5CC[C@]4(C)[C@H]3CC[C@]12C. The second kappa shape index (κ2) is 5.89. The molecule has 6 atom stereocenters. The molecule has 3 fully saturated rings. The van der Waals surface area contributed by atoms with Crippen molar-refractivity contribution in [2.45, 2.75) is 78.3 Å². The lowest BCUT2D eigenvalue weighted by atomic mass is 9.48. The molecular weight excluding hydrogens is 338 g/mol. The monoisotopic (exact) mass is 369 g/mol. The van der Waals surface area contributed by atoms with E-state index in [4.69, 9.17) is 0 Å². The molecule has 1 aromatic rings. The number of allylic oxidation sites excluding steroid dienone is 1. The molecule has 4 aliphatic rings. The smallest absolute Gasteiger partial charge is 0.217 e. The summed E-state index contributed by atoms with van der Waals surface area (Å²) < 4.78 is 1.97. The van der Waals surface area contributed by atoms with Crippen LogP contribution in [-0.4, -0.2) is 32.2 Å². The minimum atomic E-state index is 0.129. The Kier molecular flexibility index (Phi) is 3.79. The Morgan fingerprint density at radius 2 is 2.04 bits per heavy atom. The van der Waals surface area contributed by atoms with Crippen molar-refractivity contribution >= 4 is 12.0 Å². The number of amides is 1. The van der Waals surface area contributed by atoms with E-state index in [1.165, 1.54) is 32.1 Å². The number of carbonyl (C=O) groups is 1. The molecule has 5 rings (SSSR count). The maximum atomic E-state index is 11.7. The number of carbonyl (C=O) groups excluding carboxylic acids is 1. The van der Waals surface area contributed by atoms with E-state index in [2.05, 4.69) is 40.8 Å². The second-order valence-electron chi connectivity index (χ2n) is 9.89. The predicted molar refractivity (Wildman–Crippen MR) is 102 cm³/mol. The number of hydrogen-bond acceptors (Lipinski definition) is 4. The summed E-state index contributed by atoms with van der Waals surface area (Å²) in [6, 6.07) is 0.361. The van der Waals surface area contributed by atoms with E-state index in [9.17, 15) is 4.79 Å². The van der Waals surface area contributed by atoms with E-state index >= 15 is 0 Å². The van der Waals surface area contributed by atoms with Crippen molar-refractivity contribution in [3.63, 3.8) is 0 Å². The molecular formula is C21H31N5O. The number of aryl methyl sites for hydroxylation is 1. The van der Waals surface area contributed by atoms with Crippen molar-refractivity contribution in [1.29, 1.82) is 0 Å². The van der Waals surface area contributed by atoms with Crippen molar-refractivity contribution in [1.82, 2.24) is 25.5 Å². The zero-order valence-corrected chi connectivity index (χ0v) is 16.7. The highest BCUT2D eigenvalue weighted by molar-refractivity contribution is 5.73. The zero-order chi connectivity index (χ0) is 18.8. The van der Waals surface area contributed by atoms with E-state index in [1.807, 2.05) is 4.68 Å². The fourth-order valence-electron chi connectivity index (χ4n) is 7.36. The Labute approximate surface area is 161 Å². The minimum Gasteiger partial charge on any atom is -0.353 e. The number of nitrogens with one attached hydrogen (secondary N) is 1. The van der Waals surface area contributed by atoms with Gasteiger partial charge in [0.1, 0.15) is 0 Å². The van der Waals surface area contributed by atoms with Gasteiger partial charge in [-0.05, 0) is 90.0 Å². The lowest BCUT2D eigenvalue weighted by Crippen LogP contribution is -2.53. The van der Waals surface area contributed by atoms with Gasteiger partial charge in [0.2, 0.25) is 5.91 Å². The molecule has 3 saturated carbocycles. The molecule has 146 valence electrons. The van der Waals surface area contributed by atoms with Gasteiger partial charge in [-0.25, -0.2) is 4.68 Å². The largest absolute Gasteiger partial charge is 0.353 e. The fourth-order valence-corrected chi connectivity index (χ4v) is 7.36. The number of hydrogen-bond donors (Lipinski definition) is 1. The summed E-state index contributed by atoms with van der Waals surface area (Å²) in [5.41, 5.74) is 2.09. The number of nitrogens with zero attached hydrogens (tertiary/aromatic N) is 4. The van der Waals surface area contributed by atoms with Gasteiger partial charge in [0.25, 0.3) is 0 Å². The van der Waals surface area contributed by atoms with Crippen molar-refractivity contribution in [2.24, 2.45) is 28.6 Å². The summed E-state index contributed by atoms with van der Waals surface area (Å²) in [6.45, 7) is 7.53. The lowest BCUT2D eigenvalue weighted by molar-refractivity contribution is -0.121. The molecule has 27 heavy (non-hydrogen) atoms. The third-order valence-electron chi connectivity index (χ3n) is 8.82. The van der Waals surface area contributed by atoms with Gasteiger partial charge in [0.05, 0.1) is 0 Å². The van der Waals surface area contributed by atoms with Gasteiger partial charge in [-0.2, -0.15) is 0 Å². The molecule has 0 saturated heterocycles. The molecule has 1 amide bonds. The van der Waals surface area contributed by atoms with Crippen LogP contribution in [0.1, 0.15) is 71.5 Å². The molecule has 1 N–H and O–H groups in total.